The quantitative estimate of drug-likeness (QED) is 0.695. The van der Waals surface area contributed by atoms with Gasteiger partial charge in [0.15, 0.2) is 16.2 Å². The molecule has 116 valence electrons. The van der Waals surface area contributed by atoms with Crippen molar-refractivity contribution in [2.45, 2.75) is 18.7 Å². The van der Waals surface area contributed by atoms with Crippen molar-refractivity contribution in [1.82, 2.24) is 9.13 Å². The molecule has 0 aliphatic rings. The molecule has 0 bridgehead atoms. The summed E-state index contributed by atoms with van der Waals surface area (Å²) in [7, 11) is -4.27. The summed E-state index contributed by atoms with van der Waals surface area (Å²) in [4.78, 5) is 11.8. The Labute approximate surface area is 134 Å². The molecule has 0 N–H and O–H groups in total. The van der Waals surface area contributed by atoms with Crippen LogP contribution in [-0.4, -0.2) is 17.5 Å². The number of rotatable bonds is 2. The highest BCUT2D eigenvalue weighted by atomic mass is 35.5. The molecule has 0 saturated heterocycles. The first-order valence-electron chi connectivity index (χ1n) is 5.92. The maximum atomic E-state index is 12.8. The van der Waals surface area contributed by atoms with Gasteiger partial charge >= 0.3 is 5.76 Å². The second-order valence-electron chi connectivity index (χ2n) is 4.53. The highest BCUT2D eigenvalue weighted by Crippen LogP contribution is 2.30. The fourth-order valence-corrected chi connectivity index (χ4v) is 4.33. The van der Waals surface area contributed by atoms with E-state index < -0.39 is 15.8 Å². The third kappa shape index (κ3) is 2.06. The third-order valence-electron chi connectivity index (χ3n) is 3.03. The standard InChI is InChI=1S/C12H8Cl2N2O5S/c1-5-11(6(2)21-15-5)22(18,19)16-9-4-7(13)3-8(14)10(9)20-12(16)17/h3-4H,1-2H3. The van der Waals surface area contributed by atoms with Gasteiger partial charge in [-0.2, -0.15) is 3.97 Å². The maximum absolute atomic E-state index is 12.8. The van der Waals surface area contributed by atoms with Crippen LogP contribution in [0.4, 0.5) is 0 Å². The third-order valence-corrected chi connectivity index (χ3v) is 5.45. The van der Waals surface area contributed by atoms with Crippen molar-refractivity contribution in [1.29, 1.82) is 0 Å². The summed E-state index contributed by atoms with van der Waals surface area (Å²) in [5, 5.41) is 3.79. The first-order chi connectivity index (χ1) is 10.2. The van der Waals surface area contributed by atoms with Gasteiger partial charge in [0.25, 0.3) is 10.0 Å². The number of nitrogens with zero attached hydrogens (tertiary/aromatic N) is 2. The largest absolute Gasteiger partial charge is 0.434 e. The highest BCUT2D eigenvalue weighted by Gasteiger charge is 2.31. The Bertz CT molecular complexity index is 1040. The van der Waals surface area contributed by atoms with Gasteiger partial charge in [0.2, 0.25) is 0 Å². The molecule has 0 unspecified atom stereocenters. The Morgan fingerprint density at radius 2 is 1.91 bits per heavy atom. The SMILES string of the molecule is Cc1noc(C)c1S(=O)(=O)n1c(=O)oc2c(Cl)cc(Cl)cc21. The molecule has 7 nitrogen and oxygen atoms in total. The molecule has 22 heavy (non-hydrogen) atoms. The van der Waals surface area contributed by atoms with E-state index in [1.165, 1.54) is 26.0 Å². The Kier molecular flexibility index (Phi) is 3.35. The van der Waals surface area contributed by atoms with E-state index in [0.29, 0.717) is 3.97 Å². The number of hydrogen-bond donors (Lipinski definition) is 0. The molecule has 0 spiro atoms. The summed E-state index contributed by atoms with van der Waals surface area (Å²) >= 11 is 11.8. The molecular formula is C12H8Cl2N2O5S. The lowest BCUT2D eigenvalue weighted by atomic mass is 10.3. The van der Waals surface area contributed by atoms with Crippen LogP contribution in [0.1, 0.15) is 11.5 Å². The van der Waals surface area contributed by atoms with Crippen molar-refractivity contribution >= 4 is 44.3 Å². The van der Waals surface area contributed by atoms with Gasteiger partial charge in [-0.25, -0.2) is 13.2 Å². The van der Waals surface area contributed by atoms with E-state index in [2.05, 4.69) is 5.16 Å². The summed E-state index contributed by atoms with van der Waals surface area (Å²) in [6.07, 6.45) is 0. The van der Waals surface area contributed by atoms with Crippen LogP contribution in [0.15, 0.2) is 30.8 Å². The van der Waals surface area contributed by atoms with Crippen molar-refractivity contribution < 1.29 is 17.4 Å². The van der Waals surface area contributed by atoms with Crippen molar-refractivity contribution in [3.8, 4) is 0 Å². The predicted molar refractivity (Wildman–Crippen MR) is 79.1 cm³/mol. The molecule has 0 radical (unpaired) electrons. The van der Waals surface area contributed by atoms with E-state index in [1.807, 2.05) is 0 Å². The smallest absolute Gasteiger partial charge is 0.405 e. The van der Waals surface area contributed by atoms with E-state index in [-0.39, 0.29) is 37.5 Å². The second kappa shape index (κ2) is 4.87. The van der Waals surface area contributed by atoms with Crippen LogP contribution in [0.2, 0.25) is 10.0 Å². The molecule has 2 aromatic heterocycles. The molecule has 2 heterocycles. The van der Waals surface area contributed by atoms with Crippen molar-refractivity contribution in [3.05, 3.63) is 44.2 Å². The van der Waals surface area contributed by atoms with E-state index >= 15 is 0 Å². The molecule has 0 aliphatic heterocycles. The second-order valence-corrected chi connectivity index (χ2v) is 7.09. The molecule has 0 saturated carbocycles. The molecule has 1 aromatic carbocycles. The molecule has 10 heteroatoms. The Morgan fingerprint density at radius 1 is 1.23 bits per heavy atom. The Balaban J connectivity index is 2.45. The average Bonchev–Trinajstić information content (AvgIpc) is 2.90. The minimum Gasteiger partial charge on any atom is -0.405 e. The van der Waals surface area contributed by atoms with Gasteiger partial charge in [-0.15, -0.1) is 0 Å². The summed E-state index contributed by atoms with van der Waals surface area (Å²) in [6, 6.07) is 2.63. The maximum Gasteiger partial charge on any atom is 0.434 e. The van der Waals surface area contributed by atoms with Crippen LogP contribution in [0.25, 0.3) is 11.1 Å². The van der Waals surface area contributed by atoms with Crippen LogP contribution < -0.4 is 5.76 Å². The number of aromatic nitrogens is 2. The summed E-state index contributed by atoms with van der Waals surface area (Å²) in [5.41, 5.74) is 0.0146. The molecule has 0 aliphatic carbocycles. The fourth-order valence-electron chi connectivity index (χ4n) is 2.19. The zero-order chi connectivity index (χ0) is 16.2. The molecular weight excluding hydrogens is 355 g/mol. The topological polar surface area (TPSA) is 95.3 Å². The van der Waals surface area contributed by atoms with E-state index in [9.17, 15) is 13.2 Å². The molecule has 0 amide bonds. The number of aryl methyl sites for hydroxylation is 2. The summed E-state index contributed by atoms with van der Waals surface area (Å²) < 4.78 is 35.8. The zero-order valence-electron chi connectivity index (χ0n) is 11.3. The normalized spacial score (nSPS) is 12.2. The minimum atomic E-state index is -4.27. The van der Waals surface area contributed by atoms with Crippen molar-refractivity contribution in [2.24, 2.45) is 0 Å². The van der Waals surface area contributed by atoms with Gasteiger partial charge in [-0.1, -0.05) is 28.4 Å². The van der Waals surface area contributed by atoms with Gasteiger partial charge < -0.3 is 8.94 Å². The fraction of sp³-hybridized carbons (Fsp3) is 0.167. The first-order valence-corrected chi connectivity index (χ1v) is 8.12. The Hall–Kier alpha value is -1.77. The minimum absolute atomic E-state index is 0.0345. The van der Waals surface area contributed by atoms with E-state index in [4.69, 9.17) is 32.1 Å². The van der Waals surface area contributed by atoms with Crippen LogP contribution in [0.5, 0.6) is 0 Å². The first kappa shape index (κ1) is 15.1. The molecule has 3 aromatic rings. The van der Waals surface area contributed by atoms with Crippen molar-refractivity contribution in [2.75, 3.05) is 0 Å². The lowest BCUT2D eigenvalue weighted by Crippen LogP contribution is -2.24. The number of hydrogen-bond acceptors (Lipinski definition) is 6. The van der Waals surface area contributed by atoms with Gasteiger partial charge in [-0.3, -0.25) is 0 Å². The van der Waals surface area contributed by atoms with Crippen LogP contribution in [0.3, 0.4) is 0 Å². The molecule has 0 atom stereocenters. The van der Waals surface area contributed by atoms with Gasteiger partial charge in [0.1, 0.15) is 11.2 Å². The van der Waals surface area contributed by atoms with Crippen LogP contribution >= 0.6 is 23.2 Å². The van der Waals surface area contributed by atoms with E-state index in [1.54, 1.807) is 0 Å². The Morgan fingerprint density at radius 3 is 2.50 bits per heavy atom. The molecule has 0 fully saturated rings. The number of benzene rings is 1. The average molecular weight is 363 g/mol. The van der Waals surface area contributed by atoms with Crippen molar-refractivity contribution in [3.63, 3.8) is 0 Å². The zero-order valence-corrected chi connectivity index (χ0v) is 13.6. The summed E-state index contributed by atoms with van der Waals surface area (Å²) in [5.74, 6) is -1.04. The number of fused-ring (bicyclic) bond motifs is 1. The van der Waals surface area contributed by atoms with Crippen LogP contribution in [0, 0.1) is 13.8 Å². The van der Waals surface area contributed by atoms with Gasteiger partial charge in [-0.05, 0) is 26.0 Å². The number of halogens is 2. The predicted octanol–water partition coefficient (Wildman–Crippen LogP) is 2.74. The lowest BCUT2D eigenvalue weighted by Gasteiger charge is -2.04. The van der Waals surface area contributed by atoms with Gasteiger partial charge in [0, 0.05) is 5.02 Å². The monoisotopic (exact) mass is 362 g/mol. The molecule has 3 rings (SSSR count). The summed E-state index contributed by atoms with van der Waals surface area (Å²) in [6.45, 7) is 2.89. The van der Waals surface area contributed by atoms with Crippen LogP contribution in [-0.2, 0) is 10.0 Å². The number of oxazole rings is 1. The lowest BCUT2D eigenvalue weighted by molar-refractivity contribution is 0.390. The highest BCUT2D eigenvalue weighted by molar-refractivity contribution is 7.90. The van der Waals surface area contributed by atoms with Gasteiger partial charge in [0.05, 0.1) is 5.02 Å². The van der Waals surface area contributed by atoms with E-state index in [0.717, 1.165) is 0 Å².